The average molecular weight is 441 g/mol. The first kappa shape index (κ1) is 21.2. The maximum atomic E-state index is 12.9. The van der Waals surface area contributed by atoms with Gasteiger partial charge in [-0.25, -0.2) is 8.42 Å². The fourth-order valence-electron chi connectivity index (χ4n) is 2.79. The summed E-state index contributed by atoms with van der Waals surface area (Å²) in [5.41, 5.74) is 0.815. The molecule has 1 aliphatic heterocycles. The van der Waals surface area contributed by atoms with Gasteiger partial charge in [0.15, 0.2) is 11.5 Å². The number of rotatable bonds is 8. The van der Waals surface area contributed by atoms with E-state index in [0.29, 0.717) is 17.2 Å². The number of ether oxygens (including phenoxy) is 3. The Kier molecular flexibility index (Phi) is 6.51. The number of fused-ring (bicyclic) bond motifs is 1. The Morgan fingerprint density at radius 3 is 2.66 bits per heavy atom. The van der Waals surface area contributed by atoms with Crippen LogP contribution in [0, 0.1) is 0 Å². The fourth-order valence-corrected chi connectivity index (χ4v) is 4.55. The van der Waals surface area contributed by atoms with E-state index in [9.17, 15) is 13.2 Å². The molecule has 1 amide bonds. The van der Waals surface area contributed by atoms with Gasteiger partial charge in [0.2, 0.25) is 22.7 Å². The van der Waals surface area contributed by atoms with Crippen molar-refractivity contribution >= 4 is 27.5 Å². The largest absolute Gasteiger partial charge is 0.495 e. The molecule has 8 nitrogen and oxygen atoms in total. The number of hydrogen-bond donors (Lipinski definition) is 1. The van der Waals surface area contributed by atoms with Crippen molar-refractivity contribution in [2.24, 2.45) is 0 Å². The van der Waals surface area contributed by atoms with Gasteiger partial charge in [-0.05, 0) is 35.9 Å². The zero-order valence-corrected chi connectivity index (χ0v) is 17.5. The molecule has 2 aromatic rings. The molecular formula is C19H21ClN2O6S. The van der Waals surface area contributed by atoms with Crippen molar-refractivity contribution < 1.29 is 27.4 Å². The van der Waals surface area contributed by atoms with Gasteiger partial charge in [-0.2, -0.15) is 4.31 Å². The SMILES string of the molecule is CCN(CC(=O)NCc1ccc2c(c1)OCO2)S(=O)(=O)c1ccc(OC)c(Cl)c1. The van der Waals surface area contributed by atoms with Gasteiger partial charge in [0.25, 0.3) is 0 Å². The monoisotopic (exact) mass is 440 g/mol. The molecule has 0 fully saturated rings. The van der Waals surface area contributed by atoms with E-state index in [4.69, 9.17) is 25.8 Å². The summed E-state index contributed by atoms with van der Waals surface area (Å²) in [6.45, 7) is 1.88. The van der Waals surface area contributed by atoms with Crippen LogP contribution in [0.1, 0.15) is 12.5 Å². The van der Waals surface area contributed by atoms with Crippen LogP contribution in [0.4, 0.5) is 0 Å². The van der Waals surface area contributed by atoms with Crippen LogP contribution in [0.2, 0.25) is 5.02 Å². The Morgan fingerprint density at radius 1 is 1.21 bits per heavy atom. The molecule has 0 unspecified atom stereocenters. The van der Waals surface area contributed by atoms with Crippen LogP contribution >= 0.6 is 11.6 Å². The molecule has 1 heterocycles. The van der Waals surface area contributed by atoms with Gasteiger partial charge < -0.3 is 19.5 Å². The summed E-state index contributed by atoms with van der Waals surface area (Å²) >= 11 is 6.04. The number of methoxy groups -OCH3 is 1. The van der Waals surface area contributed by atoms with E-state index >= 15 is 0 Å². The molecule has 29 heavy (non-hydrogen) atoms. The lowest BCUT2D eigenvalue weighted by atomic mass is 10.2. The van der Waals surface area contributed by atoms with E-state index in [-0.39, 0.29) is 36.3 Å². The number of likely N-dealkylation sites (N-methyl/N-ethyl adjacent to an activating group) is 1. The van der Waals surface area contributed by atoms with Gasteiger partial charge in [-0.15, -0.1) is 0 Å². The van der Waals surface area contributed by atoms with Crippen molar-refractivity contribution in [1.29, 1.82) is 0 Å². The first-order chi connectivity index (χ1) is 13.8. The van der Waals surface area contributed by atoms with Crippen molar-refractivity contribution in [3.8, 4) is 17.2 Å². The van der Waals surface area contributed by atoms with Crippen molar-refractivity contribution in [1.82, 2.24) is 9.62 Å². The Balaban J connectivity index is 1.65. The topological polar surface area (TPSA) is 94.2 Å². The Labute approximate surface area is 174 Å². The normalized spacial score (nSPS) is 12.8. The van der Waals surface area contributed by atoms with Crippen LogP contribution < -0.4 is 19.5 Å². The van der Waals surface area contributed by atoms with Gasteiger partial charge in [0.05, 0.1) is 23.6 Å². The summed E-state index contributed by atoms with van der Waals surface area (Å²) in [5, 5.41) is 2.90. The fraction of sp³-hybridized carbons (Fsp3) is 0.316. The van der Waals surface area contributed by atoms with E-state index in [2.05, 4.69) is 5.32 Å². The predicted octanol–water partition coefficient (Wildman–Crippen LogP) is 2.40. The van der Waals surface area contributed by atoms with Crippen molar-refractivity contribution in [3.05, 3.63) is 47.0 Å². The third-order valence-corrected chi connectivity index (χ3v) is 6.57. The maximum absolute atomic E-state index is 12.9. The van der Waals surface area contributed by atoms with E-state index in [1.54, 1.807) is 19.1 Å². The highest BCUT2D eigenvalue weighted by Crippen LogP contribution is 2.32. The number of sulfonamides is 1. The number of carbonyl (C=O) groups excluding carboxylic acids is 1. The number of hydrogen-bond acceptors (Lipinski definition) is 6. The molecule has 0 spiro atoms. The molecule has 0 saturated heterocycles. The van der Waals surface area contributed by atoms with E-state index < -0.39 is 15.9 Å². The molecular weight excluding hydrogens is 420 g/mol. The van der Waals surface area contributed by atoms with Gasteiger partial charge in [0, 0.05) is 13.1 Å². The lowest BCUT2D eigenvalue weighted by Crippen LogP contribution is -2.40. The minimum absolute atomic E-state index is 0.00581. The third-order valence-electron chi connectivity index (χ3n) is 4.36. The van der Waals surface area contributed by atoms with Gasteiger partial charge in [0.1, 0.15) is 5.75 Å². The molecule has 0 radical (unpaired) electrons. The molecule has 10 heteroatoms. The molecule has 2 aromatic carbocycles. The number of amides is 1. The zero-order chi connectivity index (χ0) is 21.0. The summed E-state index contributed by atoms with van der Waals surface area (Å²) in [4.78, 5) is 12.3. The van der Waals surface area contributed by atoms with Crippen molar-refractivity contribution in [3.63, 3.8) is 0 Å². The highest BCUT2D eigenvalue weighted by molar-refractivity contribution is 7.89. The first-order valence-corrected chi connectivity index (χ1v) is 10.7. The molecule has 0 aromatic heterocycles. The second-order valence-corrected chi connectivity index (χ2v) is 8.54. The van der Waals surface area contributed by atoms with Gasteiger partial charge >= 0.3 is 0 Å². The third kappa shape index (κ3) is 4.75. The molecule has 0 aliphatic carbocycles. The van der Waals surface area contributed by atoms with Crippen LogP contribution in [0.5, 0.6) is 17.2 Å². The number of nitrogens with zero attached hydrogens (tertiary/aromatic N) is 1. The zero-order valence-electron chi connectivity index (χ0n) is 16.0. The average Bonchev–Trinajstić information content (AvgIpc) is 3.18. The van der Waals surface area contributed by atoms with E-state index in [1.165, 1.54) is 25.3 Å². The summed E-state index contributed by atoms with van der Waals surface area (Å²) in [7, 11) is -2.45. The quantitative estimate of drug-likeness (QED) is 0.677. The second kappa shape index (κ2) is 8.89. The number of halogens is 1. The van der Waals surface area contributed by atoms with Crippen LogP contribution in [-0.4, -0.2) is 45.6 Å². The summed E-state index contributed by atoms with van der Waals surface area (Å²) in [6, 6.07) is 9.52. The Bertz CT molecular complexity index is 1010. The number of carbonyl (C=O) groups is 1. The van der Waals surface area contributed by atoms with Gasteiger partial charge in [-0.3, -0.25) is 4.79 Å². The lowest BCUT2D eigenvalue weighted by Gasteiger charge is -2.20. The van der Waals surface area contributed by atoms with Crippen molar-refractivity contribution in [2.45, 2.75) is 18.4 Å². The predicted molar refractivity (Wildman–Crippen MR) is 107 cm³/mol. The standard InChI is InChI=1S/C19H21ClN2O6S/c1-3-22(29(24,25)14-5-7-16(26-2)15(20)9-14)11-19(23)21-10-13-4-6-17-18(8-13)28-12-27-17/h4-9H,3,10-12H2,1-2H3,(H,21,23). The van der Waals surface area contributed by atoms with Crippen LogP contribution in [0.25, 0.3) is 0 Å². The summed E-state index contributed by atoms with van der Waals surface area (Å²) in [5.74, 6) is 1.22. The highest BCUT2D eigenvalue weighted by atomic mass is 35.5. The Morgan fingerprint density at radius 2 is 1.97 bits per heavy atom. The van der Waals surface area contributed by atoms with Crippen LogP contribution in [0.3, 0.4) is 0 Å². The minimum Gasteiger partial charge on any atom is -0.495 e. The lowest BCUT2D eigenvalue weighted by molar-refractivity contribution is -0.121. The molecule has 156 valence electrons. The molecule has 0 saturated carbocycles. The van der Waals surface area contributed by atoms with E-state index in [1.807, 2.05) is 6.07 Å². The molecule has 1 aliphatic rings. The van der Waals surface area contributed by atoms with E-state index in [0.717, 1.165) is 9.87 Å². The smallest absolute Gasteiger partial charge is 0.243 e. The first-order valence-electron chi connectivity index (χ1n) is 8.84. The molecule has 0 bridgehead atoms. The van der Waals surface area contributed by atoms with Crippen molar-refractivity contribution in [2.75, 3.05) is 27.0 Å². The molecule has 3 rings (SSSR count). The summed E-state index contributed by atoms with van der Waals surface area (Å²) < 4.78 is 42.4. The number of nitrogens with one attached hydrogen (secondary N) is 1. The summed E-state index contributed by atoms with van der Waals surface area (Å²) in [6.07, 6.45) is 0. The van der Waals surface area contributed by atoms with Crippen LogP contribution in [-0.2, 0) is 21.4 Å². The van der Waals surface area contributed by atoms with Crippen LogP contribution in [0.15, 0.2) is 41.3 Å². The molecule has 0 atom stereocenters. The second-order valence-electron chi connectivity index (χ2n) is 6.19. The molecule has 1 N–H and O–H groups in total. The van der Waals surface area contributed by atoms with Gasteiger partial charge in [-0.1, -0.05) is 24.6 Å². The Hall–Kier alpha value is -2.49. The minimum atomic E-state index is -3.89. The number of benzene rings is 2. The maximum Gasteiger partial charge on any atom is 0.243 e. The highest BCUT2D eigenvalue weighted by Gasteiger charge is 2.26.